The van der Waals surface area contributed by atoms with Gasteiger partial charge in [-0.15, -0.1) is 23.7 Å². The fourth-order valence-corrected chi connectivity index (χ4v) is 3.87. The quantitative estimate of drug-likeness (QED) is 0.808. The first-order valence-electron chi connectivity index (χ1n) is 8.18. The number of piperazine rings is 1. The van der Waals surface area contributed by atoms with Crippen LogP contribution in [-0.2, 0) is 4.79 Å². The average Bonchev–Trinajstić information content (AvgIpc) is 3.16. The molecule has 0 saturated carbocycles. The highest BCUT2D eigenvalue weighted by molar-refractivity contribution is 7.12. The lowest BCUT2D eigenvalue weighted by atomic mass is 10.0. The first kappa shape index (κ1) is 20.7. The zero-order valence-corrected chi connectivity index (χ0v) is 16.7. The Balaban J connectivity index is 0.00000243. The lowest BCUT2D eigenvalue weighted by molar-refractivity contribution is -0.136. The zero-order chi connectivity index (χ0) is 17.8. The maximum Gasteiger partial charge on any atom is 0.261 e. The molecular weight excluding hydrogens is 393 g/mol. The van der Waals surface area contributed by atoms with Crippen LogP contribution in [0.1, 0.15) is 28.2 Å². The van der Waals surface area contributed by atoms with E-state index in [1.807, 2.05) is 35.7 Å². The van der Waals surface area contributed by atoms with Crippen molar-refractivity contribution in [3.8, 4) is 0 Å². The van der Waals surface area contributed by atoms with Gasteiger partial charge in [0.05, 0.1) is 10.9 Å². The monoisotopic (exact) mass is 413 g/mol. The van der Waals surface area contributed by atoms with Crippen LogP contribution < -0.4 is 10.6 Å². The number of thiophene rings is 1. The van der Waals surface area contributed by atoms with Gasteiger partial charge in [0.2, 0.25) is 5.91 Å². The molecule has 2 unspecified atom stereocenters. The van der Waals surface area contributed by atoms with Crippen molar-refractivity contribution >= 4 is 47.2 Å². The second-order valence-electron chi connectivity index (χ2n) is 5.95. The van der Waals surface area contributed by atoms with Crippen molar-refractivity contribution in [2.45, 2.75) is 19.0 Å². The molecule has 140 valence electrons. The number of nitrogens with zero attached hydrogens (tertiary/aromatic N) is 1. The molecule has 1 saturated heterocycles. The maximum absolute atomic E-state index is 12.9. The van der Waals surface area contributed by atoms with Crippen LogP contribution in [0.15, 0.2) is 41.8 Å². The largest absolute Gasteiger partial charge is 0.340 e. The third-order valence-corrected chi connectivity index (χ3v) is 5.47. The Morgan fingerprint density at radius 3 is 2.77 bits per heavy atom. The minimum absolute atomic E-state index is 0. The number of amides is 2. The van der Waals surface area contributed by atoms with Gasteiger partial charge >= 0.3 is 0 Å². The number of hydrogen-bond donors (Lipinski definition) is 2. The Hall–Kier alpha value is -1.60. The topological polar surface area (TPSA) is 61.4 Å². The third-order valence-electron chi connectivity index (χ3n) is 4.25. The van der Waals surface area contributed by atoms with Crippen molar-refractivity contribution in [1.82, 2.24) is 15.5 Å². The van der Waals surface area contributed by atoms with Gasteiger partial charge in [-0.2, -0.15) is 0 Å². The molecule has 0 aliphatic carbocycles. The third kappa shape index (κ3) is 4.57. The van der Waals surface area contributed by atoms with E-state index in [4.69, 9.17) is 11.6 Å². The Kier molecular flexibility index (Phi) is 7.46. The van der Waals surface area contributed by atoms with Crippen LogP contribution in [0.5, 0.6) is 0 Å². The summed E-state index contributed by atoms with van der Waals surface area (Å²) >= 11 is 7.68. The molecule has 2 atom stereocenters. The van der Waals surface area contributed by atoms with Gasteiger partial charge in [0.15, 0.2) is 0 Å². The highest BCUT2D eigenvalue weighted by Crippen LogP contribution is 2.28. The van der Waals surface area contributed by atoms with E-state index in [2.05, 4.69) is 10.6 Å². The summed E-state index contributed by atoms with van der Waals surface area (Å²) in [6.45, 7) is 3.66. The van der Waals surface area contributed by atoms with E-state index in [0.29, 0.717) is 23.0 Å². The van der Waals surface area contributed by atoms with Crippen LogP contribution in [0, 0.1) is 0 Å². The molecule has 2 amide bonds. The van der Waals surface area contributed by atoms with Gasteiger partial charge in [-0.05, 0) is 30.0 Å². The van der Waals surface area contributed by atoms with Crippen molar-refractivity contribution < 1.29 is 9.59 Å². The summed E-state index contributed by atoms with van der Waals surface area (Å²) in [5.41, 5.74) is 0.918. The molecular formula is C18H21Cl2N3O2S. The molecule has 1 aromatic carbocycles. The molecule has 0 radical (unpaired) electrons. The van der Waals surface area contributed by atoms with E-state index in [0.717, 1.165) is 12.1 Å². The molecule has 0 spiro atoms. The van der Waals surface area contributed by atoms with Crippen molar-refractivity contribution in [1.29, 1.82) is 0 Å². The summed E-state index contributed by atoms with van der Waals surface area (Å²) in [4.78, 5) is 27.5. The van der Waals surface area contributed by atoms with Crippen LogP contribution in [0.4, 0.5) is 0 Å². The maximum atomic E-state index is 12.9. The molecule has 2 heterocycles. The Morgan fingerprint density at radius 1 is 1.31 bits per heavy atom. The number of halogens is 2. The van der Waals surface area contributed by atoms with Crippen LogP contribution in [-0.4, -0.2) is 42.4 Å². The Labute approximate surface area is 168 Å². The normalized spacial score (nSPS) is 17.9. The van der Waals surface area contributed by atoms with Crippen LogP contribution in [0.25, 0.3) is 0 Å². The highest BCUT2D eigenvalue weighted by atomic mass is 35.5. The minimum atomic E-state index is -0.599. The van der Waals surface area contributed by atoms with Gasteiger partial charge in [-0.25, -0.2) is 0 Å². The summed E-state index contributed by atoms with van der Waals surface area (Å²) in [6.07, 6.45) is 0. The van der Waals surface area contributed by atoms with Crippen molar-refractivity contribution in [3.05, 3.63) is 57.2 Å². The summed E-state index contributed by atoms with van der Waals surface area (Å²) in [6, 6.07) is 10.4. The van der Waals surface area contributed by atoms with Crippen LogP contribution in [0.2, 0.25) is 5.02 Å². The molecule has 1 fully saturated rings. The van der Waals surface area contributed by atoms with E-state index in [1.165, 1.54) is 11.3 Å². The lowest BCUT2D eigenvalue weighted by Gasteiger charge is -2.38. The average molecular weight is 414 g/mol. The summed E-state index contributed by atoms with van der Waals surface area (Å²) in [7, 11) is 0. The van der Waals surface area contributed by atoms with E-state index >= 15 is 0 Å². The first-order valence-corrected chi connectivity index (χ1v) is 9.43. The van der Waals surface area contributed by atoms with E-state index in [1.54, 1.807) is 17.9 Å². The Morgan fingerprint density at radius 2 is 2.08 bits per heavy atom. The number of nitrogens with one attached hydrogen (secondary N) is 2. The molecule has 3 rings (SSSR count). The Bertz CT molecular complexity index is 755. The molecule has 1 aromatic heterocycles. The molecule has 1 aliphatic heterocycles. The molecule has 2 N–H and O–H groups in total. The van der Waals surface area contributed by atoms with Gasteiger partial charge in [0, 0.05) is 24.7 Å². The molecule has 26 heavy (non-hydrogen) atoms. The molecule has 0 bridgehead atoms. The SMILES string of the molecule is CC(NC(=O)c1cccs1)C(=O)N1CCNCC1c1ccccc1Cl.Cl. The predicted octanol–water partition coefficient (Wildman–Crippen LogP) is 3.11. The molecule has 2 aromatic rings. The van der Waals surface area contributed by atoms with Crippen LogP contribution >= 0.6 is 35.3 Å². The molecule has 8 heteroatoms. The predicted molar refractivity (Wildman–Crippen MR) is 107 cm³/mol. The van der Waals surface area contributed by atoms with Gasteiger partial charge in [-0.3, -0.25) is 9.59 Å². The van der Waals surface area contributed by atoms with Crippen LogP contribution in [0.3, 0.4) is 0 Å². The van der Waals surface area contributed by atoms with E-state index in [-0.39, 0.29) is 30.3 Å². The standard InChI is InChI=1S/C18H20ClN3O2S.ClH/c1-12(21-17(23)16-7-4-10-25-16)18(24)22-9-8-20-11-15(22)13-5-2-3-6-14(13)19;/h2-7,10,12,15,20H,8-9,11H2,1H3,(H,21,23);1H. The zero-order valence-electron chi connectivity index (χ0n) is 14.3. The number of carbonyl (C=O) groups is 2. The van der Waals surface area contributed by atoms with Crippen molar-refractivity contribution in [3.63, 3.8) is 0 Å². The summed E-state index contributed by atoms with van der Waals surface area (Å²) in [5, 5.41) is 8.58. The second kappa shape index (κ2) is 9.37. The van der Waals surface area contributed by atoms with Crippen molar-refractivity contribution in [2.24, 2.45) is 0 Å². The number of rotatable bonds is 4. The molecule has 5 nitrogen and oxygen atoms in total. The van der Waals surface area contributed by atoms with Gasteiger partial charge < -0.3 is 15.5 Å². The highest BCUT2D eigenvalue weighted by Gasteiger charge is 2.32. The lowest BCUT2D eigenvalue weighted by Crippen LogP contribution is -2.54. The van der Waals surface area contributed by atoms with E-state index in [9.17, 15) is 9.59 Å². The number of carbonyl (C=O) groups excluding carboxylic acids is 2. The number of hydrogen-bond acceptors (Lipinski definition) is 4. The minimum Gasteiger partial charge on any atom is -0.340 e. The smallest absolute Gasteiger partial charge is 0.261 e. The fourth-order valence-electron chi connectivity index (χ4n) is 2.98. The van der Waals surface area contributed by atoms with Gasteiger partial charge in [-0.1, -0.05) is 35.9 Å². The summed E-state index contributed by atoms with van der Waals surface area (Å²) < 4.78 is 0. The molecule has 1 aliphatic rings. The number of benzene rings is 1. The van der Waals surface area contributed by atoms with Gasteiger partial charge in [0.1, 0.15) is 6.04 Å². The fraction of sp³-hybridized carbons (Fsp3) is 0.333. The summed E-state index contributed by atoms with van der Waals surface area (Å²) in [5.74, 6) is -0.323. The van der Waals surface area contributed by atoms with Gasteiger partial charge in [0.25, 0.3) is 5.91 Å². The van der Waals surface area contributed by atoms with Crippen molar-refractivity contribution in [2.75, 3.05) is 19.6 Å². The van der Waals surface area contributed by atoms with E-state index < -0.39 is 6.04 Å². The second-order valence-corrected chi connectivity index (χ2v) is 7.30. The first-order chi connectivity index (χ1) is 12.1.